The SMILES string of the molecule is COc1ccccc1Cc1nc(N)nc(SC)n1. The number of nitrogen functional groups attached to an aromatic ring is 1. The van der Waals surface area contributed by atoms with E-state index in [1.807, 2.05) is 30.5 Å². The van der Waals surface area contributed by atoms with E-state index in [9.17, 15) is 0 Å². The van der Waals surface area contributed by atoms with Gasteiger partial charge in [-0.05, 0) is 12.3 Å². The Balaban J connectivity index is 2.30. The maximum Gasteiger partial charge on any atom is 0.224 e. The van der Waals surface area contributed by atoms with Crippen LogP contribution in [0.5, 0.6) is 5.75 Å². The third kappa shape index (κ3) is 2.89. The van der Waals surface area contributed by atoms with Gasteiger partial charge in [-0.1, -0.05) is 30.0 Å². The number of para-hydroxylation sites is 1. The quantitative estimate of drug-likeness (QED) is 0.847. The molecule has 1 aromatic carbocycles. The van der Waals surface area contributed by atoms with Crippen molar-refractivity contribution < 1.29 is 4.74 Å². The predicted octanol–water partition coefficient (Wildman–Crippen LogP) is 1.78. The first-order valence-corrected chi connectivity index (χ1v) is 6.61. The molecule has 0 aliphatic carbocycles. The van der Waals surface area contributed by atoms with Crippen LogP contribution in [0.25, 0.3) is 0 Å². The summed E-state index contributed by atoms with van der Waals surface area (Å²) in [6.07, 6.45) is 2.48. The summed E-state index contributed by atoms with van der Waals surface area (Å²) in [5, 5.41) is 0.632. The van der Waals surface area contributed by atoms with Gasteiger partial charge in [-0.2, -0.15) is 9.97 Å². The second-order valence-electron chi connectivity index (χ2n) is 3.59. The third-order valence-corrected chi connectivity index (χ3v) is 2.95. The van der Waals surface area contributed by atoms with Gasteiger partial charge in [0.2, 0.25) is 5.95 Å². The largest absolute Gasteiger partial charge is 0.496 e. The molecule has 18 heavy (non-hydrogen) atoms. The van der Waals surface area contributed by atoms with Crippen LogP contribution in [0.1, 0.15) is 11.4 Å². The number of nitrogens with zero attached hydrogens (tertiary/aromatic N) is 3. The van der Waals surface area contributed by atoms with Crippen molar-refractivity contribution in [2.75, 3.05) is 19.1 Å². The average Bonchev–Trinajstić information content (AvgIpc) is 2.38. The fourth-order valence-electron chi connectivity index (χ4n) is 1.61. The standard InChI is InChI=1S/C12H14N4OS/c1-17-9-6-4-3-5-8(9)7-10-14-11(13)16-12(15-10)18-2/h3-6H,7H2,1-2H3,(H2,13,14,15,16). The molecule has 2 N–H and O–H groups in total. The molecule has 0 unspecified atom stereocenters. The molecule has 0 fully saturated rings. The number of benzene rings is 1. The number of nitrogens with two attached hydrogens (primary N) is 1. The van der Waals surface area contributed by atoms with Crippen LogP contribution in [-0.2, 0) is 6.42 Å². The van der Waals surface area contributed by atoms with Crippen LogP contribution in [0.4, 0.5) is 5.95 Å². The normalized spacial score (nSPS) is 10.3. The van der Waals surface area contributed by atoms with Gasteiger partial charge >= 0.3 is 0 Å². The maximum absolute atomic E-state index is 5.65. The van der Waals surface area contributed by atoms with Crippen LogP contribution in [-0.4, -0.2) is 28.3 Å². The number of hydrogen-bond donors (Lipinski definition) is 1. The lowest BCUT2D eigenvalue weighted by molar-refractivity contribution is 0.410. The van der Waals surface area contributed by atoms with Gasteiger partial charge in [0.25, 0.3) is 0 Å². The topological polar surface area (TPSA) is 73.9 Å². The fraction of sp³-hybridized carbons (Fsp3) is 0.250. The summed E-state index contributed by atoms with van der Waals surface area (Å²) in [4.78, 5) is 12.5. The summed E-state index contributed by atoms with van der Waals surface area (Å²) in [6.45, 7) is 0. The number of anilines is 1. The van der Waals surface area contributed by atoms with Gasteiger partial charge < -0.3 is 10.5 Å². The highest BCUT2D eigenvalue weighted by molar-refractivity contribution is 7.98. The van der Waals surface area contributed by atoms with Crippen molar-refractivity contribution >= 4 is 17.7 Å². The van der Waals surface area contributed by atoms with Crippen molar-refractivity contribution in [2.24, 2.45) is 0 Å². The van der Waals surface area contributed by atoms with E-state index in [4.69, 9.17) is 10.5 Å². The summed E-state index contributed by atoms with van der Waals surface area (Å²) in [5.74, 6) is 1.72. The van der Waals surface area contributed by atoms with Crippen molar-refractivity contribution in [1.29, 1.82) is 0 Å². The van der Waals surface area contributed by atoms with E-state index in [2.05, 4.69) is 15.0 Å². The van der Waals surface area contributed by atoms with Crippen molar-refractivity contribution in [1.82, 2.24) is 15.0 Å². The van der Waals surface area contributed by atoms with Crippen LogP contribution >= 0.6 is 11.8 Å². The van der Waals surface area contributed by atoms with E-state index in [1.54, 1.807) is 7.11 Å². The molecule has 0 atom stereocenters. The lowest BCUT2D eigenvalue weighted by Gasteiger charge is -2.07. The highest BCUT2D eigenvalue weighted by atomic mass is 32.2. The minimum atomic E-state index is 0.249. The molecule has 0 bridgehead atoms. The molecule has 0 saturated heterocycles. The lowest BCUT2D eigenvalue weighted by atomic mass is 10.1. The fourth-order valence-corrected chi connectivity index (χ4v) is 1.99. The number of hydrogen-bond acceptors (Lipinski definition) is 6. The van der Waals surface area contributed by atoms with Gasteiger partial charge in [0, 0.05) is 12.0 Å². The van der Waals surface area contributed by atoms with E-state index in [1.165, 1.54) is 11.8 Å². The number of rotatable bonds is 4. The van der Waals surface area contributed by atoms with E-state index >= 15 is 0 Å². The van der Waals surface area contributed by atoms with Gasteiger partial charge in [-0.15, -0.1) is 0 Å². The van der Waals surface area contributed by atoms with E-state index in [0.717, 1.165) is 11.3 Å². The van der Waals surface area contributed by atoms with Gasteiger partial charge in [-0.3, -0.25) is 0 Å². The highest BCUT2D eigenvalue weighted by Crippen LogP contribution is 2.20. The molecule has 0 radical (unpaired) electrons. The zero-order valence-electron chi connectivity index (χ0n) is 10.3. The Morgan fingerprint density at radius 2 is 2.00 bits per heavy atom. The molecule has 5 nitrogen and oxygen atoms in total. The smallest absolute Gasteiger partial charge is 0.224 e. The molecule has 0 spiro atoms. The molecular weight excluding hydrogens is 248 g/mol. The van der Waals surface area contributed by atoms with Crippen molar-refractivity contribution in [3.05, 3.63) is 35.7 Å². The summed E-state index contributed by atoms with van der Waals surface area (Å²) in [5.41, 5.74) is 6.68. The Kier molecular flexibility index (Phi) is 3.99. The van der Waals surface area contributed by atoms with Crippen LogP contribution in [0.3, 0.4) is 0 Å². The van der Waals surface area contributed by atoms with Gasteiger partial charge in [-0.25, -0.2) is 4.98 Å². The first-order valence-electron chi connectivity index (χ1n) is 5.39. The molecule has 2 rings (SSSR count). The third-order valence-electron chi connectivity index (χ3n) is 2.40. The first kappa shape index (κ1) is 12.6. The Labute approximate surface area is 110 Å². The van der Waals surface area contributed by atoms with Crippen molar-refractivity contribution in [3.8, 4) is 5.75 Å². The van der Waals surface area contributed by atoms with Crippen molar-refractivity contribution in [3.63, 3.8) is 0 Å². The first-order chi connectivity index (χ1) is 8.72. The zero-order chi connectivity index (χ0) is 13.0. The molecule has 0 amide bonds. The van der Waals surface area contributed by atoms with E-state index < -0.39 is 0 Å². The summed E-state index contributed by atoms with van der Waals surface area (Å²) >= 11 is 1.44. The van der Waals surface area contributed by atoms with Crippen LogP contribution in [0.2, 0.25) is 0 Å². The average molecular weight is 262 g/mol. The Bertz CT molecular complexity index is 547. The van der Waals surface area contributed by atoms with Gasteiger partial charge in [0.1, 0.15) is 11.6 Å². The number of methoxy groups -OCH3 is 1. The van der Waals surface area contributed by atoms with E-state index in [0.29, 0.717) is 17.4 Å². The van der Waals surface area contributed by atoms with Crippen LogP contribution in [0, 0.1) is 0 Å². The van der Waals surface area contributed by atoms with Crippen molar-refractivity contribution in [2.45, 2.75) is 11.6 Å². The Hall–Kier alpha value is -1.82. The van der Waals surface area contributed by atoms with Gasteiger partial charge in [0.05, 0.1) is 7.11 Å². The second-order valence-corrected chi connectivity index (χ2v) is 4.36. The summed E-state index contributed by atoms with van der Waals surface area (Å²) < 4.78 is 5.30. The molecule has 6 heteroatoms. The molecule has 0 saturated carbocycles. The Morgan fingerprint density at radius 1 is 1.22 bits per heavy atom. The summed E-state index contributed by atoms with van der Waals surface area (Å²) in [7, 11) is 1.65. The predicted molar refractivity (Wildman–Crippen MR) is 71.8 cm³/mol. The molecule has 0 aliphatic heterocycles. The Morgan fingerprint density at radius 3 is 2.72 bits per heavy atom. The molecule has 94 valence electrons. The highest BCUT2D eigenvalue weighted by Gasteiger charge is 2.08. The van der Waals surface area contributed by atoms with Crippen LogP contribution < -0.4 is 10.5 Å². The minimum absolute atomic E-state index is 0.249. The summed E-state index contributed by atoms with van der Waals surface area (Å²) in [6, 6.07) is 7.78. The molecule has 1 aromatic heterocycles. The number of aromatic nitrogens is 3. The maximum atomic E-state index is 5.65. The second kappa shape index (κ2) is 5.68. The van der Waals surface area contributed by atoms with Gasteiger partial charge in [0.15, 0.2) is 5.16 Å². The molecule has 1 heterocycles. The lowest BCUT2D eigenvalue weighted by Crippen LogP contribution is -2.05. The monoisotopic (exact) mass is 262 g/mol. The molecular formula is C12H14N4OS. The zero-order valence-corrected chi connectivity index (χ0v) is 11.1. The number of ether oxygens (including phenoxy) is 1. The number of thioether (sulfide) groups is 1. The minimum Gasteiger partial charge on any atom is -0.496 e. The van der Waals surface area contributed by atoms with Crippen LogP contribution in [0.15, 0.2) is 29.4 Å². The van der Waals surface area contributed by atoms with E-state index in [-0.39, 0.29) is 5.95 Å². The molecule has 0 aliphatic rings. The molecule has 2 aromatic rings.